The number of rotatable bonds is 32. The predicted octanol–water partition coefficient (Wildman–Crippen LogP) is 25.1. The van der Waals surface area contributed by atoms with Gasteiger partial charge < -0.3 is 50.9 Å². The summed E-state index contributed by atoms with van der Waals surface area (Å²) in [4.78, 5) is 27.0. The van der Waals surface area contributed by atoms with Gasteiger partial charge in [-0.05, 0) is 194 Å². The number of hydrogen-bond donors (Lipinski definition) is 13. The second kappa shape index (κ2) is 44.8. The molecule has 0 atom stereocenters. The molecule has 0 amide bonds. The lowest BCUT2D eigenvalue weighted by molar-refractivity contribution is -0.137. The molecule has 0 spiro atoms. The molecule has 0 radical (unpaired) electrons. The molecule has 0 unspecified atom stereocenters. The van der Waals surface area contributed by atoms with Crippen LogP contribution >= 0.6 is 70.6 Å². The second-order valence-corrected chi connectivity index (χ2v) is 42.4. The lowest BCUT2D eigenvalue weighted by atomic mass is 10.1. The number of halogens is 4. The van der Waals surface area contributed by atoms with E-state index in [4.69, 9.17) is 14.9 Å². The molecule has 0 saturated heterocycles. The maximum Gasteiger partial charge on any atom is 0.416 e. The van der Waals surface area contributed by atoms with Crippen LogP contribution in [0.3, 0.4) is 0 Å². The van der Waals surface area contributed by atoms with Gasteiger partial charge in [0.2, 0.25) is 0 Å². The highest BCUT2D eigenvalue weighted by Crippen LogP contribution is 2.47. The summed E-state index contributed by atoms with van der Waals surface area (Å²) in [5.74, 6) is -2.69. The van der Waals surface area contributed by atoms with Crippen LogP contribution in [0.1, 0.15) is 5.56 Å². The minimum atomic E-state index is -4.47. The maximum atomic E-state index is 13.1. The molecule has 0 fully saturated rings. The standard InChI is InChI=1S/C25H18F3NO6S2.C25H22N2O4S2.C25H21NO4S3.C24H18FNO5S3/c26-25(27,28)15-5-7-16(8-6-15)35-17-9-11-18(12-10-17)37(33,34)29-21-13-22(36-14-23(30)31)24(32)20-4-2-1-3-19(20)21;1-17(28)16-32-24-15-23(21-9-5-6-10-22(21)25(24)29)27-33(30,31)20-13-11-19(12-14-20)26-18-7-3-2-4-8-18;1-17(27)16-31-24-15-23(21-9-5-6-10-22(21)25(24)28)26-33(29,30)20-13-11-19(12-14-20)32-18-7-3-2-4-8-18;25-15-5-7-16(8-6-15)33-17-9-11-18(12-10-17)34(30,31)26-21-13-22(32-14-23(27)28)24(29)20-4-2-1-3-19(20)21/h1-13,29,32H,14H2,(H,30,31);2-15,26-29H,1,16H2;2-15,26-28H,1,16H2;1-13,26,29H,14H2,(H,27,28). The number of nitrogens with one attached hydrogen (secondary N) is 5. The highest BCUT2D eigenvalue weighted by Gasteiger charge is 2.31. The van der Waals surface area contributed by atoms with Crippen molar-refractivity contribution in [1.82, 2.24) is 0 Å². The molecule has 0 aliphatic rings. The Kier molecular flexibility index (Phi) is 32.9. The zero-order valence-electron chi connectivity index (χ0n) is 71.1. The van der Waals surface area contributed by atoms with Crippen LogP contribution in [0, 0.1) is 5.82 Å². The molecule has 0 aromatic heterocycles. The summed E-state index contributed by atoms with van der Waals surface area (Å²) >= 11 is 7.01. The van der Waals surface area contributed by atoms with Gasteiger partial charge in [0, 0.05) is 74.0 Å². The number of thioether (sulfide) groups is 4. The fraction of sp³-hybridized carbons (Fsp3) is 0.0505. The number of benzene rings is 16. The molecular weight excluding hydrogens is 1960 g/mol. The number of aliphatic hydroxyl groups excluding tert-OH is 2. The molecule has 0 heterocycles. The summed E-state index contributed by atoms with van der Waals surface area (Å²) in [6.45, 7) is 6.91. The number of para-hydroxylation sites is 1. The summed E-state index contributed by atoms with van der Waals surface area (Å²) in [5, 5.41) is 86.2. The molecule has 0 saturated carbocycles. The van der Waals surface area contributed by atoms with Crippen molar-refractivity contribution in [1.29, 1.82) is 0 Å². The van der Waals surface area contributed by atoms with E-state index in [2.05, 4.69) is 37.4 Å². The third kappa shape index (κ3) is 26.9. The first-order valence-corrected chi connectivity index (χ1v) is 51.9. The van der Waals surface area contributed by atoms with E-state index in [1.54, 1.807) is 182 Å². The van der Waals surface area contributed by atoms with Crippen molar-refractivity contribution in [2.45, 2.75) is 64.9 Å². The Labute approximate surface area is 809 Å². The Morgan fingerprint density at radius 1 is 0.314 bits per heavy atom. The van der Waals surface area contributed by atoms with Crippen LogP contribution in [0.4, 0.5) is 51.7 Å². The Morgan fingerprint density at radius 3 is 0.861 bits per heavy atom. The highest BCUT2D eigenvalue weighted by atomic mass is 32.2. The van der Waals surface area contributed by atoms with Crippen molar-refractivity contribution in [2.75, 3.05) is 47.2 Å². The number of hydrogen-bond acceptors (Lipinski definition) is 24. The molecule has 38 heteroatoms. The average Bonchev–Trinajstić information content (AvgIpc) is 0.785. The number of phenols is 4. The zero-order valence-corrected chi connectivity index (χ0v) is 79.2. The van der Waals surface area contributed by atoms with Crippen LogP contribution in [0.5, 0.6) is 34.5 Å². The fourth-order valence-corrected chi connectivity index (χ4v) is 22.0. The normalized spacial score (nSPS) is 11.5. The fourth-order valence-electron chi connectivity index (χ4n) is 13.1. The van der Waals surface area contributed by atoms with E-state index in [9.17, 15) is 91.5 Å². The topological polar surface area (TPSA) is 402 Å². The molecule has 0 aliphatic carbocycles. The molecule has 16 aromatic carbocycles. The molecule has 0 bridgehead atoms. The van der Waals surface area contributed by atoms with E-state index in [1.165, 1.54) is 108 Å². The van der Waals surface area contributed by atoms with Crippen molar-refractivity contribution in [3.8, 4) is 34.5 Å². The number of carboxylic acids is 2. The quantitative estimate of drug-likeness (QED) is 0.00806. The Balaban J connectivity index is 0.000000154. The van der Waals surface area contributed by atoms with Crippen molar-refractivity contribution in [3.05, 3.63) is 364 Å². The number of fused-ring (bicyclic) bond motifs is 4. The molecule has 24 nitrogen and oxygen atoms in total. The Morgan fingerprint density at radius 2 is 0.562 bits per heavy atom. The first kappa shape index (κ1) is 101. The van der Waals surface area contributed by atoms with Gasteiger partial charge in [0.25, 0.3) is 40.1 Å². The summed E-state index contributed by atoms with van der Waals surface area (Å²) in [6.07, 6.45) is -4.47. The third-order valence-electron chi connectivity index (χ3n) is 19.5. The zero-order chi connectivity index (χ0) is 97.9. The van der Waals surface area contributed by atoms with Crippen molar-refractivity contribution in [3.63, 3.8) is 0 Å². The van der Waals surface area contributed by atoms with Crippen LogP contribution < -0.4 is 28.9 Å². The van der Waals surface area contributed by atoms with E-state index >= 15 is 0 Å². The summed E-state index contributed by atoms with van der Waals surface area (Å²) in [7, 11) is -15.9. The summed E-state index contributed by atoms with van der Waals surface area (Å²) in [6, 6.07) is 87.3. The van der Waals surface area contributed by atoms with Gasteiger partial charge in [-0.2, -0.15) is 13.2 Å². The van der Waals surface area contributed by atoms with Gasteiger partial charge in [-0.25, -0.2) is 38.1 Å². The molecule has 0 aliphatic heterocycles. The Bertz CT molecular complexity index is 7410. The highest BCUT2D eigenvalue weighted by molar-refractivity contribution is 8.01. The monoisotopic (exact) mass is 2040 g/mol. The van der Waals surface area contributed by atoms with E-state index < -0.39 is 63.8 Å². The van der Waals surface area contributed by atoms with Crippen molar-refractivity contribution in [2.24, 2.45) is 0 Å². The van der Waals surface area contributed by atoms with Crippen molar-refractivity contribution >= 4 is 200 Å². The van der Waals surface area contributed by atoms with Gasteiger partial charge in [0.05, 0.1) is 102 Å². The van der Waals surface area contributed by atoms with Crippen LogP contribution in [0.15, 0.2) is 411 Å². The van der Waals surface area contributed by atoms with Gasteiger partial charge in [0.1, 0.15) is 40.3 Å². The number of carboxylic acid groups (broad SMARTS) is 2. The first-order valence-electron chi connectivity index (χ1n) is 40.4. The number of sulfonamides is 4. The molecule has 16 aromatic rings. The van der Waals surface area contributed by atoms with Gasteiger partial charge in [0.15, 0.2) is 0 Å². The van der Waals surface area contributed by atoms with E-state index in [-0.39, 0.29) is 116 Å². The average molecular weight is 2040 g/mol. The van der Waals surface area contributed by atoms with E-state index in [0.717, 1.165) is 78.7 Å². The number of phenolic OH excluding ortho intramolecular Hbond substituents is 4. The molecular formula is C99H79F4N5O19S10. The Hall–Kier alpha value is -13.8. The maximum absolute atomic E-state index is 13.1. The van der Waals surface area contributed by atoms with Gasteiger partial charge in [-0.15, -0.1) is 47.0 Å². The van der Waals surface area contributed by atoms with Gasteiger partial charge >= 0.3 is 18.1 Å². The van der Waals surface area contributed by atoms with Crippen LogP contribution in [-0.4, -0.2) is 109 Å². The van der Waals surface area contributed by atoms with Crippen LogP contribution in [-0.2, 0) is 55.9 Å². The summed E-state index contributed by atoms with van der Waals surface area (Å²) in [5.41, 5.74) is 1.89. The molecule has 137 heavy (non-hydrogen) atoms. The second-order valence-electron chi connectivity index (χ2n) is 29.3. The number of alkyl halides is 3. The van der Waals surface area contributed by atoms with Crippen LogP contribution in [0.25, 0.3) is 43.1 Å². The smallest absolute Gasteiger partial charge is 0.416 e. The SMILES string of the molecule is C=C(O)CSc1cc(NS(=O)(=O)c2ccc(Nc3ccccc3)cc2)c2ccccc2c1O.C=C(O)CSc1cc(NS(=O)(=O)c2ccc(Sc3ccccc3)cc2)c2ccccc2c1O.O=C(O)CSc1cc(NS(=O)(=O)c2ccc(Oc3ccc(C(F)(F)F)cc3)cc2)c2ccccc2c1O.O=C(O)CSc1cc(NS(=O)(=O)c2ccc(Sc3ccc(F)cc3)cc2)c2ccccc2c1O. The number of aliphatic carboxylic acids is 2. The van der Waals surface area contributed by atoms with E-state index in [1.807, 2.05) is 60.7 Å². The van der Waals surface area contributed by atoms with Gasteiger partial charge in [-0.1, -0.05) is 170 Å². The number of carbonyl (C=O) groups is 2. The number of aromatic hydroxyl groups is 4. The van der Waals surface area contributed by atoms with E-state index in [0.29, 0.717) is 64.3 Å². The molecule has 13 N–H and O–H groups in total. The number of anilines is 6. The van der Waals surface area contributed by atoms with Crippen molar-refractivity contribution < 1.29 is 106 Å². The molecule has 16 rings (SSSR count). The molecule has 702 valence electrons. The predicted molar refractivity (Wildman–Crippen MR) is 535 cm³/mol. The lowest BCUT2D eigenvalue weighted by Gasteiger charge is -2.15. The lowest BCUT2D eigenvalue weighted by Crippen LogP contribution is -2.13. The largest absolute Gasteiger partial charge is 0.512 e. The minimum Gasteiger partial charge on any atom is -0.512 e. The summed E-state index contributed by atoms with van der Waals surface area (Å²) < 4.78 is 172. The number of aliphatic hydroxyl groups is 2. The van der Waals surface area contributed by atoms with Gasteiger partial charge in [-0.3, -0.25) is 28.5 Å². The van der Waals surface area contributed by atoms with Crippen LogP contribution in [0.2, 0.25) is 0 Å². The number of ether oxygens (including phenoxy) is 1. The minimum absolute atomic E-state index is 0.0242. The first-order chi connectivity index (χ1) is 65.3. The third-order valence-corrected chi connectivity index (χ3v) is 31.3.